The summed E-state index contributed by atoms with van der Waals surface area (Å²) in [5, 5.41) is 23.3. The molecule has 0 aliphatic carbocycles. The third kappa shape index (κ3) is 6.70. The van der Waals surface area contributed by atoms with Gasteiger partial charge in [-0.05, 0) is 48.9 Å². The van der Waals surface area contributed by atoms with Crippen LogP contribution in [0.3, 0.4) is 0 Å². The van der Waals surface area contributed by atoms with Crippen molar-refractivity contribution in [2.24, 2.45) is 0 Å². The Labute approximate surface area is 234 Å². The van der Waals surface area contributed by atoms with Crippen LogP contribution < -0.4 is 5.32 Å². The van der Waals surface area contributed by atoms with E-state index in [1.807, 2.05) is 0 Å². The van der Waals surface area contributed by atoms with Crippen molar-refractivity contribution in [1.29, 1.82) is 0 Å². The quantitative estimate of drug-likeness (QED) is 0.133. The standard InChI is InChI=1S/C25H18Cl2F3N5O3S/c1-14-2-5-16(10-21(14)35(37)38)23(36)31-12-22-32-33-24(34(22)18-8-9-19(26)20(27)11-18)39-13-15-3-6-17(7-4-15)25(28,29)30/h2-11H,12-13H2,1H3,(H,31,36). The number of halogens is 5. The maximum atomic E-state index is 12.9. The monoisotopic (exact) mass is 595 g/mol. The molecule has 0 unspecified atom stereocenters. The number of amides is 1. The maximum Gasteiger partial charge on any atom is 0.416 e. The maximum absolute atomic E-state index is 12.9. The van der Waals surface area contributed by atoms with Crippen LogP contribution in [0.1, 0.15) is 32.9 Å². The van der Waals surface area contributed by atoms with Gasteiger partial charge < -0.3 is 5.32 Å². The summed E-state index contributed by atoms with van der Waals surface area (Å²) in [5.41, 5.74) is 0.776. The fourth-order valence-electron chi connectivity index (χ4n) is 3.54. The number of aryl methyl sites for hydroxylation is 1. The first-order valence-corrected chi connectivity index (χ1v) is 12.9. The molecule has 4 aromatic rings. The molecule has 8 nitrogen and oxygen atoms in total. The average Bonchev–Trinajstić information content (AvgIpc) is 3.30. The van der Waals surface area contributed by atoms with E-state index in [1.165, 1.54) is 42.1 Å². The number of hydrogen-bond donors (Lipinski definition) is 1. The fourth-order valence-corrected chi connectivity index (χ4v) is 4.76. The minimum atomic E-state index is -4.43. The first kappa shape index (κ1) is 28.4. The van der Waals surface area contributed by atoms with E-state index in [0.29, 0.717) is 32.8 Å². The van der Waals surface area contributed by atoms with Crippen LogP contribution in [-0.2, 0) is 18.5 Å². The first-order chi connectivity index (χ1) is 18.4. The molecule has 1 aromatic heterocycles. The van der Waals surface area contributed by atoms with Gasteiger partial charge in [-0.25, -0.2) is 0 Å². The van der Waals surface area contributed by atoms with Crippen molar-refractivity contribution in [2.75, 3.05) is 0 Å². The van der Waals surface area contributed by atoms with Gasteiger partial charge in [0.1, 0.15) is 0 Å². The fraction of sp³-hybridized carbons (Fsp3) is 0.160. The van der Waals surface area contributed by atoms with Gasteiger partial charge in [0, 0.05) is 22.9 Å². The topological polar surface area (TPSA) is 103 Å². The Balaban J connectivity index is 1.58. The molecular formula is C25H18Cl2F3N5O3S. The minimum absolute atomic E-state index is 0.0887. The Bertz CT molecular complexity index is 1550. The number of benzene rings is 3. The van der Waals surface area contributed by atoms with E-state index in [1.54, 1.807) is 29.7 Å². The van der Waals surface area contributed by atoms with Crippen LogP contribution in [0.25, 0.3) is 5.69 Å². The highest BCUT2D eigenvalue weighted by Gasteiger charge is 2.30. The van der Waals surface area contributed by atoms with Crippen molar-refractivity contribution >= 4 is 46.6 Å². The smallest absolute Gasteiger partial charge is 0.345 e. The lowest BCUT2D eigenvalue weighted by Gasteiger charge is -2.12. The Hall–Kier alpha value is -3.61. The van der Waals surface area contributed by atoms with Gasteiger partial charge in [0.05, 0.1) is 32.8 Å². The Morgan fingerprint density at radius 2 is 1.77 bits per heavy atom. The molecule has 202 valence electrons. The van der Waals surface area contributed by atoms with Gasteiger partial charge in [0.2, 0.25) is 0 Å². The lowest BCUT2D eigenvalue weighted by atomic mass is 10.1. The third-order valence-corrected chi connectivity index (χ3v) is 7.33. The molecule has 0 saturated carbocycles. The number of aromatic nitrogens is 3. The predicted octanol–water partition coefficient (Wildman–Crippen LogP) is 7.03. The van der Waals surface area contributed by atoms with Crippen LogP contribution in [0.5, 0.6) is 0 Å². The molecule has 0 atom stereocenters. The molecule has 0 fully saturated rings. The lowest BCUT2D eigenvalue weighted by Crippen LogP contribution is -2.24. The lowest BCUT2D eigenvalue weighted by molar-refractivity contribution is -0.385. The molecule has 0 radical (unpaired) electrons. The van der Waals surface area contributed by atoms with Crippen LogP contribution in [0, 0.1) is 17.0 Å². The van der Waals surface area contributed by atoms with Crippen molar-refractivity contribution in [3.8, 4) is 5.69 Å². The summed E-state index contributed by atoms with van der Waals surface area (Å²) in [7, 11) is 0. The van der Waals surface area contributed by atoms with E-state index < -0.39 is 22.6 Å². The number of thioether (sulfide) groups is 1. The highest BCUT2D eigenvalue weighted by molar-refractivity contribution is 7.98. The minimum Gasteiger partial charge on any atom is -0.345 e. The van der Waals surface area contributed by atoms with Crippen molar-refractivity contribution in [3.63, 3.8) is 0 Å². The summed E-state index contributed by atoms with van der Waals surface area (Å²) < 4.78 is 40.3. The summed E-state index contributed by atoms with van der Waals surface area (Å²) in [6.07, 6.45) is -4.43. The van der Waals surface area contributed by atoms with E-state index in [9.17, 15) is 28.1 Å². The molecular weight excluding hydrogens is 578 g/mol. The van der Waals surface area contributed by atoms with Crippen LogP contribution in [0.15, 0.2) is 65.8 Å². The zero-order valence-corrected chi connectivity index (χ0v) is 22.3. The molecule has 4 rings (SSSR count). The molecule has 1 heterocycles. The van der Waals surface area contributed by atoms with Gasteiger partial charge in [-0.15, -0.1) is 10.2 Å². The van der Waals surface area contributed by atoms with Gasteiger partial charge in [0.25, 0.3) is 11.6 Å². The molecule has 0 saturated heterocycles. The number of rotatable bonds is 8. The number of nitro benzene ring substituents is 1. The van der Waals surface area contributed by atoms with Gasteiger partial charge >= 0.3 is 6.18 Å². The number of nitro groups is 1. The number of alkyl halides is 3. The van der Waals surface area contributed by atoms with Crippen molar-refractivity contribution in [3.05, 3.63) is 109 Å². The van der Waals surface area contributed by atoms with Gasteiger partial charge in [-0.2, -0.15) is 13.2 Å². The summed E-state index contributed by atoms with van der Waals surface area (Å²) in [5.74, 6) is 0.0517. The van der Waals surface area contributed by atoms with Crippen molar-refractivity contribution in [1.82, 2.24) is 20.1 Å². The molecule has 0 spiro atoms. The number of nitrogens with zero attached hydrogens (tertiary/aromatic N) is 4. The predicted molar refractivity (Wildman–Crippen MR) is 141 cm³/mol. The summed E-state index contributed by atoms with van der Waals surface area (Å²) in [4.78, 5) is 23.4. The Kier molecular flexibility index (Phi) is 8.48. The van der Waals surface area contributed by atoms with E-state index in [4.69, 9.17) is 23.2 Å². The van der Waals surface area contributed by atoms with Crippen molar-refractivity contribution < 1.29 is 22.9 Å². The molecule has 39 heavy (non-hydrogen) atoms. The van der Waals surface area contributed by atoms with Crippen LogP contribution in [0.2, 0.25) is 10.0 Å². The molecule has 14 heteroatoms. The molecule has 3 aromatic carbocycles. The second-order valence-electron chi connectivity index (χ2n) is 8.26. The molecule has 1 amide bonds. The molecule has 1 N–H and O–H groups in total. The van der Waals surface area contributed by atoms with Crippen LogP contribution in [0.4, 0.5) is 18.9 Å². The SMILES string of the molecule is Cc1ccc(C(=O)NCc2nnc(SCc3ccc(C(F)(F)F)cc3)n2-c2ccc(Cl)c(Cl)c2)cc1[N+](=O)[O-]. The number of carbonyl (C=O) groups is 1. The highest BCUT2D eigenvalue weighted by Crippen LogP contribution is 2.32. The Morgan fingerprint density at radius 3 is 2.41 bits per heavy atom. The van der Waals surface area contributed by atoms with E-state index in [2.05, 4.69) is 15.5 Å². The normalized spacial score (nSPS) is 11.4. The molecule has 0 aliphatic rings. The van der Waals surface area contributed by atoms with E-state index in [-0.39, 0.29) is 28.6 Å². The van der Waals surface area contributed by atoms with Gasteiger partial charge in [-0.3, -0.25) is 19.5 Å². The summed E-state index contributed by atoms with van der Waals surface area (Å²) >= 11 is 13.5. The largest absolute Gasteiger partial charge is 0.416 e. The van der Waals surface area contributed by atoms with Gasteiger partial charge in [0.15, 0.2) is 11.0 Å². The number of carbonyl (C=O) groups excluding carboxylic acids is 1. The zero-order chi connectivity index (χ0) is 28.3. The Morgan fingerprint density at radius 1 is 1.05 bits per heavy atom. The second kappa shape index (κ2) is 11.6. The van der Waals surface area contributed by atoms with Crippen LogP contribution >= 0.6 is 35.0 Å². The summed E-state index contributed by atoms with van der Waals surface area (Å²) in [6.45, 7) is 1.48. The highest BCUT2D eigenvalue weighted by atomic mass is 35.5. The average molecular weight is 596 g/mol. The van der Waals surface area contributed by atoms with E-state index >= 15 is 0 Å². The molecule has 0 aliphatic heterocycles. The van der Waals surface area contributed by atoms with Crippen LogP contribution in [-0.4, -0.2) is 25.6 Å². The number of hydrogen-bond acceptors (Lipinski definition) is 6. The first-order valence-electron chi connectivity index (χ1n) is 11.2. The van der Waals surface area contributed by atoms with E-state index in [0.717, 1.165) is 12.1 Å². The summed E-state index contributed by atoms with van der Waals surface area (Å²) in [6, 6.07) is 13.8. The van der Waals surface area contributed by atoms with Gasteiger partial charge in [-0.1, -0.05) is 53.2 Å². The van der Waals surface area contributed by atoms with Crippen molar-refractivity contribution in [2.45, 2.75) is 30.6 Å². The zero-order valence-electron chi connectivity index (χ0n) is 20.0. The number of nitrogens with one attached hydrogen (secondary N) is 1. The second-order valence-corrected chi connectivity index (χ2v) is 10.0. The third-order valence-electron chi connectivity index (χ3n) is 5.59. The molecule has 0 bridgehead atoms.